The molecule has 1 unspecified atom stereocenters. The molecule has 1 atom stereocenters. The van der Waals surface area contributed by atoms with Gasteiger partial charge in [-0.2, -0.15) is 0 Å². The van der Waals surface area contributed by atoms with Gasteiger partial charge in [0.25, 0.3) is 0 Å². The molecule has 1 aromatic carbocycles. The van der Waals surface area contributed by atoms with Gasteiger partial charge in [0, 0.05) is 26.1 Å². The molecule has 1 aromatic rings. The first-order valence-electron chi connectivity index (χ1n) is 5.27. The summed E-state index contributed by atoms with van der Waals surface area (Å²) in [6.45, 7) is 2.64. The number of carbonyl (C=O) groups is 1. The van der Waals surface area contributed by atoms with Crippen molar-refractivity contribution in [3.05, 3.63) is 29.8 Å². The van der Waals surface area contributed by atoms with E-state index in [9.17, 15) is 9.90 Å². The van der Waals surface area contributed by atoms with Gasteiger partial charge in [0.1, 0.15) is 5.75 Å². The van der Waals surface area contributed by atoms with Crippen LogP contribution >= 0.6 is 0 Å². The second kappa shape index (κ2) is 5.51. The van der Waals surface area contributed by atoms with E-state index in [0.29, 0.717) is 13.1 Å². The molecule has 1 rings (SSSR count). The van der Waals surface area contributed by atoms with Crippen molar-refractivity contribution in [3.63, 3.8) is 0 Å². The summed E-state index contributed by atoms with van der Waals surface area (Å²) >= 11 is 0. The number of nitrogens with two attached hydrogens (primary N) is 1. The highest BCUT2D eigenvalue weighted by Gasteiger charge is 2.15. The monoisotopic (exact) mass is 222 g/mol. The van der Waals surface area contributed by atoms with E-state index in [-0.39, 0.29) is 17.6 Å². The second-order valence-electron chi connectivity index (χ2n) is 4.00. The summed E-state index contributed by atoms with van der Waals surface area (Å²) in [5.74, 6) is 0.0679. The molecule has 0 aromatic heterocycles. The number of hydrogen-bond donors (Lipinski definition) is 2. The molecule has 0 saturated heterocycles. The van der Waals surface area contributed by atoms with Crippen LogP contribution in [0.5, 0.6) is 5.75 Å². The third-order valence-electron chi connectivity index (χ3n) is 2.48. The highest BCUT2D eigenvalue weighted by Crippen LogP contribution is 2.13. The fraction of sp³-hybridized carbons (Fsp3) is 0.417. The minimum Gasteiger partial charge on any atom is -0.508 e. The molecule has 4 heteroatoms. The molecule has 0 saturated carbocycles. The van der Waals surface area contributed by atoms with Crippen molar-refractivity contribution in [3.8, 4) is 5.75 Å². The topological polar surface area (TPSA) is 66.6 Å². The highest BCUT2D eigenvalue weighted by atomic mass is 16.3. The van der Waals surface area contributed by atoms with Crippen molar-refractivity contribution in [1.82, 2.24) is 4.90 Å². The predicted octanol–water partition coefficient (Wildman–Crippen LogP) is 0.945. The fourth-order valence-corrected chi connectivity index (χ4v) is 1.48. The molecule has 16 heavy (non-hydrogen) atoms. The lowest BCUT2D eigenvalue weighted by atomic mass is 10.1. The van der Waals surface area contributed by atoms with Crippen LogP contribution < -0.4 is 5.73 Å². The maximum absolute atomic E-state index is 11.7. The first-order valence-corrected chi connectivity index (χ1v) is 5.27. The Morgan fingerprint density at radius 2 is 2.25 bits per heavy atom. The van der Waals surface area contributed by atoms with E-state index >= 15 is 0 Å². The van der Waals surface area contributed by atoms with E-state index < -0.39 is 0 Å². The van der Waals surface area contributed by atoms with Crippen LogP contribution in [0.4, 0.5) is 0 Å². The van der Waals surface area contributed by atoms with Gasteiger partial charge in [-0.05, 0) is 17.7 Å². The Bertz CT molecular complexity index is 366. The lowest BCUT2D eigenvalue weighted by molar-refractivity contribution is -0.133. The maximum atomic E-state index is 11.7. The molecule has 0 aliphatic carbocycles. The van der Waals surface area contributed by atoms with Crippen LogP contribution in [-0.4, -0.2) is 29.5 Å². The van der Waals surface area contributed by atoms with Crippen LogP contribution in [0, 0.1) is 5.92 Å². The minimum absolute atomic E-state index is 0.0193. The Hall–Kier alpha value is -1.55. The van der Waals surface area contributed by atoms with Crippen LogP contribution in [0.15, 0.2) is 24.3 Å². The molecule has 0 bridgehead atoms. The van der Waals surface area contributed by atoms with E-state index in [1.54, 1.807) is 37.1 Å². The van der Waals surface area contributed by atoms with E-state index in [1.165, 1.54) is 0 Å². The largest absolute Gasteiger partial charge is 0.508 e. The summed E-state index contributed by atoms with van der Waals surface area (Å²) in [5.41, 5.74) is 6.34. The molecule has 0 spiro atoms. The Kier molecular flexibility index (Phi) is 4.31. The van der Waals surface area contributed by atoms with Crippen molar-refractivity contribution >= 4 is 5.91 Å². The molecule has 0 radical (unpaired) electrons. The van der Waals surface area contributed by atoms with Gasteiger partial charge in [-0.1, -0.05) is 19.1 Å². The molecular weight excluding hydrogens is 204 g/mol. The smallest absolute Gasteiger partial charge is 0.226 e. The quantitative estimate of drug-likeness (QED) is 0.797. The Morgan fingerprint density at radius 1 is 1.56 bits per heavy atom. The molecule has 0 aliphatic heterocycles. The number of amides is 1. The molecule has 0 aliphatic rings. The van der Waals surface area contributed by atoms with Gasteiger partial charge >= 0.3 is 0 Å². The number of hydrogen-bond acceptors (Lipinski definition) is 3. The number of aromatic hydroxyl groups is 1. The molecule has 1 amide bonds. The lowest BCUT2D eigenvalue weighted by Crippen LogP contribution is -2.34. The first-order chi connectivity index (χ1) is 7.54. The lowest BCUT2D eigenvalue weighted by Gasteiger charge is -2.20. The second-order valence-corrected chi connectivity index (χ2v) is 4.00. The van der Waals surface area contributed by atoms with E-state index in [4.69, 9.17) is 5.73 Å². The number of phenolic OH excluding ortho intramolecular Hbond substituents is 1. The molecule has 0 fully saturated rings. The van der Waals surface area contributed by atoms with Gasteiger partial charge in [-0.3, -0.25) is 4.79 Å². The Labute approximate surface area is 95.7 Å². The standard InChI is InChI=1S/C12H18N2O2/c1-9(7-13)12(16)14(2)8-10-4-3-5-11(15)6-10/h3-6,9,15H,7-8,13H2,1-2H3. The van der Waals surface area contributed by atoms with Crippen LogP contribution in [-0.2, 0) is 11.3 Å². The number of rotatable bonds is 4. The third kappa shape index (κ3) is 3.24. The van der Waals surface area contributed by atoms with Gasteiger partial charge in [0.15, 0.2) is 0 Å². The maximum Gasteiger partial charge on any atom is 0.226 e. The van der Waals surface area contributed by atoms with E-state index in [2.05, 4.69) is 0 Å². The zero-order valence-corrected chi connectivity index (χ0v) is 9.68. The highest BCUT2D eigenvalue weighted by molar-refractivity contribution is 5.78. The summed E-state index contributed by atoms with van der Waals surface area (Å²) in [4.78, 5) is 13.4. The molecular formula is C12H18N2O2. The normalized spacial score (nSPS) is 12.2. The molecule has 0 heterocycles. The number of nitrogens with zero attached hydrogens (tertiary/aromatic N) is 1. The van der Waals surface area contributed by atoms with Gasteiger partial charge in [0.05, 0.1) is 0 Å². The van der Waals surface area contributed by atoms with Gasteiger partial charge in [-0.25, -0.2) is 0 Å². The van der Waals surface area contributed by atoms with E-state index in [0.717, 1.165) is 5.56 Å². The Balaban J connectivity index is 2.64. The summed E-state index contributed by atoms with van der Waals surface area (Å²) in [6.07, 6.45) is 0. The average molecular weight is 222 g/mol. The zero-order chi connectivity index (χ0) is 12.1. The summed E-state index contributed by atoms with van der Waals surface area (Å²) in [6, 6.07) is 6.89. The molecule has 88 valence electrons. The van der Waals surface area contributed by atoms with Gasteiger partial charge in [0.2, 0.25) is 5.91 Å². The summed E-state index contributed by atoms with van der Waals surface area (Å²) in [7, 11) is 1.73. The third-order valence-corrected chi connectivity index (χ3v) is 2.48. The number of carbonyl (C=O) groups excluding carboxylic acids is 1. The fourth-order valence-electron chi connectivity index (χ4n) is 1.48. The zero-order valence-electron chi connectivity index (χ0n) is 9.68. The van der Waals surface area contributed by atoms with Crippen LogP contribution in [0.25, 0.3) is 0 Å². The van der Waals surface area contributed by atoms with Gasteiger partial charge in [-0.15, -0.1) is 0 Å². The van der Waals surface area contributed by atoms with Crippen molar-refractivity contribution in [2.45, 2.75) is 13.5 Å². The van der Waals surface area contributed by atoms with Crippen molar-refractivity contribution in [2.24, 2.45) is 11.7 Å². The number of benzene rings is 1. The summed E-state index contributed by atoms with van der Waals surface area (Å²) in [5, 5.41) is 9.30. The SMILES string of the molecule is CC(CN)C(=O)N(C)Cc1cccc(O)c1. The molecule has 4 nitrogen and oxygen atoms in total. The van der Waals surface area contributed by atoms with Crippen molar-refractivity contribution in [1.29, 1.82) is 0 Å². The van der Waals surface area contributed by atoms with Crippen LogP contribution in [0.2, 0.25) is 0 Å². The summed E-state index contributed by atoms with van der Waals surface area (Å²) < 4.78 is 0. The Morgan fingerprint density at radius 3 is 2.81 bits per heavy atom. The molecule has 3 N–H and O–H groups in total. The van der Waals surface area contributed by atoms with Crippen LogP contribution in [0.1, 0.15) is 12.5 Å². The average Bonchev–Trinajstić information content (AvgIpc) is 2.27. The van der Waals surface area contributed by atoms with Crippen molar-refractivity contribution < 1.29 is 9.90 Å². The van der Waals surface area contributed by atoms with Crippen LogP contribution in [0.3, 0.4) is 0 Å². The first kappa shape index (κ1) is 12.5. The number of phenols is 1. The predicted molar refractivity (Wildman–Crippen MR) is 62.8 cm³/mol. The van der Waals surface area contributed by atoms with Crippen molar-refractivity contribution in [2.75, 3.05) is 13.6 Å². The minimum atomic E-state index is -0.165. The van der Waals surface area contributed by atoms with E-state index in [1.807, 2.05) is 6.07 Å². The van der Waals surface area contributed by atoms with Gasteiger partial charge < -0.3 is 15.7 Å².